The summed E-state index contributed by atoms with van der Waals surface area (Å²) >= 11 is 0. The quantitative estimate of drug-likeness (QED) is 0.750. The van der Waals surface area contributed by atoms with Crippen molar-refractivity contribution >= 4 is 5.78 Å². The van der Waals surface area contributed by atoms with Crippen LogP contribution in [0.15, 0.2) is 24.3 Å². The van der Waals surface area contributed by atoms with Gasteiger partial charge in [-0.25, -0.2) is 0 Å². The molecule has 2 N–H and O–H groups in total. The summed E-state index contributed by atoms with van der Waals surface area (Å²) in [6, 6.07) is 7.27. The standard InChI is InChI=1S/C12H17NO2/c1-9(7-8-13)12(14)10-5-3-4-6-11(10)15-2/h3-6,9H,7-8,13H2,1-2H3. The Kier molecular flexibility index (Phi) is 4.31. The van der Waals surface area contributed by atoms with E-state index in [1.807, 2.05) is 19.1 Å². The van der Waals surface area contributed by atoms with Crippen molar-refractivity contribution in [2.45, 2.75) is 13.3 Å². The molecule has 1 aromatic carbocycles. The van der Waals surface area contributed by atoms with Crippen molar-refractivity contribution in [2.24, 2.45) is 11.7 Å². The second kappa shape index (κ2) is 5.51. The summed E-state index contributed by atoms with van der Waals surface area (Å²) in [7, 11) is 1.57. The van der Waals surface area contributed by atoms with Crippen LogP contribution in [-0.4, -0.2) is 19.4 Å². The highest BCUT2D eigenvalue weighted by atomic mass is 16.5. The first-order chi connectivity index (χ1) is 7.20. The molecule has 1 atom stereocenters. The third-order valence-electron chi connectivity index (χ3n) is 2.42. The third kappa shape index (κ3) is 2.80. The van der Waals surface area contributed by atoms with Gasteiger partial charge in [-0.15, -0.1) is 0 Å². The molecule has 3 nitrogen and oxygen atoms in total. The monoisotopic (exact) mass is 207 g/mol. The molecule has 1 aromatic rings. The number of hydrogen-bond donors (Lipinski definition) is 1. The van der Waals surface area contributed by atoms with Gasteiger partial charge in [0.1, 0.15) is 5.75 Å². The Hall–Kier alpha value is -1.35. The van der Waals surface area contributed by atoms with E-state index >= 15 is 0 Å². The second-order valence-corrected chi connectivity index (χ2v) is 3.54. The second-order valence-electron chi connectivity index (χ2n) is 3.54. The zero-order valence-corrected chi connectivity index (χ0v) is 9.19. The van der Waals surface area contributed by atoms with Crippen molar-refractivity contribution in [3.8, 4) is 5.75 Å². The van der Waals surface area contributed by atoms with Crippen molar-refractivity contribution < 1.29 is 9.53 Å². The maximum Gasteiger partial charge on any atom is 0.169 e. The highest BCUT2D eigenvalue weighted by molar-refractivity contribution is 6.00. The largest absolute Gasteiger partial charge is 0.496 e. The summed E-state index contributed by atoms with van der Waals surface area (Å²) in [5, 5.41) is 0. The van der Waals surface area contributed by atoms with Crippen LogP contribution in [0.25, 0.3) is 0 Å². The van der Waals surface area contributed by atoms with E-state index in [0.717, 1.165) is 0 Å². The molecule has 0 heterocycles. The van der Waals surface area contributed by atoms with E-state index in [9.17, 15) is 4.79 Å². The summed E-state index contributed by atoms with van der Waals surface area (Å²) in [6.07, 6.45) is 0.705. The van der Waals surface area contributed by atoms with Crippen molar-refractivity contribution in [1.29, 1.82) is 0 Å². The third-order valence-corrected chi connectivity index (χ3v) is 2.42. The van der Waals surface area contributed by atoms with E-state index in [-0.39, 0.29) is 11.7 Å². The lowest BCUT2D eigenvalue weighted by Crippen LogP contribution is -2.16. The normalized spacial score (nSPS) is 12.2. The van der Waals surface area contributed by atoms with Gasteiger partial charge in [0, 0.05) is 5.92 Å². The molecule has 0 saturated carbocycles. The lowest BCUT2D eigenvalue weighted by Gasteiger charge is -2.11. The summed E-state index contributed by atoms with van der Waals surface area (Å²) in [5.41, 5.74) is 6.07. The molecule has 1 unspecified atom stereocenters. The molecule has 15 heavy (non-hydrogen) atoms. The van der Waals surface area contributed by atoms with E-state index in [4.69, 9.17) is 10.5 Å². The van der Waals surface area contributed by atoms with Gasteiger partial charge in [-0.1, -0.05) is 19.1 Å². The fraction of sp³-hybridized carbons (Fsp3) is 0.417. The Morgan fingerprint density at radius 1 is 1.47 bits per heavy atom. The van der Waals surface area contributed by atoms with E-state index < -0.39 is 0 Å². The summed E-state index contributed by atoms with van der Waals surface area (Å²) in [5.74, 6) is 0.676. The van der Waals surface area contributed by atoms with Crippen LogP contribution in [-0.2, 0) is 0 Å². The van der Waals surface area contributed by atoms with Crippen LogP contribution in [0, 0.1) is 5.92 Å². The molecule has 0 radical (unpaired) electrons. The molecule has 0 aliphatic rings. The number of para-hydroxylation sites is 1. The zero-order chi connectivity index (χ0) is 11.3. The molecule has 82 valence electrons. The first-order valence-electron chi connectivity index (χ1n) is 5.08. The molecule has 0 bridgehead atoms. The molecule has 0 amide bonds. The number of benzene rings is 1. The lowest BCUT2D eigenvalue weighted by molar-refractivity contribution is 0.0922. The predicted octanol–water partition coefficient (Wildman–Crippen LogP) is 1.86. The maximum absolute atomic E-state index is 12.0. The molecule has 0 fully saturated rings. The van der Waals surface area contributed by atoms with Gasteiger partial charge in [-0.3, -0.25) is 4.79 Å². The summed E-state index contributed by atoms with van der Waals surface area (Å²) < 4.78 is 5.14. The van der Waals surface area contributed by atoms with Gasteiger partial charge in [-0.05, 0) is 25.1 Å². The zero-order valence-electron chi connectivity index (χ0n) is 9.19. The van der Waals surface area contributed by atoms with Gasteiger partial charge in [0.25, 0.3) is 0 Å². The van der Waals surface area contributed by atoms with Crippen LogP contribution in [0.5, 0.6) is 5.75 Å². The summed E-state index contributed by atoms with van der Waals surface area (Å²) in [6.45, 7) is 2.42. The molecule has 0 aromatic heterocycles. The van der Waals surface area contributed by atoms with Crippen LogP contribution >= 0.6 is 0 Å². The molecule has 0 spiro atoms. The number of hydrogen-bond acceptors (Lipinski definition) is 3. The first-order valence-corrected chi connectivity index (χ1v) is 5.08. The van der Waals surface area contributed by atoms with Crippen molar-refractivity contribution in [1.82, 2.24) is 0 Å². The minimum atomic E-state index is -0.0497. The Morgan fingerprint density at radius 2 is 2.13 bits per heavy atom. The number of ketones is 1. The average molecular weight is 207 g/mol. The van der Waals surface area contributed by atoms with E-state index in [1.165, 1.54) is 0 Å². The number of rotatable bonds is 5. The fourth-order valence-electron chi connectivity index (χ4n) is 1.49. The van der Waals surface area contributed by atoms with Gasteiger partial charge >= 0.3 is 0 Å². The van der Waals surface area contributed by atoms with Crippen LogP contribution in [0.1, 0.15) is 23.7 Å². The minimum Gasteiger partial charge on any atom is -0.496 e. The Labute approximate surface area is 90.2 Å². The molecular formula is C12H17NO2. The van der Waals surface area contributed by atoms with E-state index in [1.54, 1.807) is 19.2 Å². The number of nitrogens with two attached hydrogens (primary N) is 1. The topological polar surface area (TPSA) is 52.3 Å². The first kappa shape index (κ1) is 11.7. The number of Topliss-reactive ketones (excluding diaryl/α,β-unsaturated/α-hetero) is 1. The SMILES string of the molecule is COc1ccccc1C(=O)C(C)CCN. The molecule has 3 heteroatoms. The van der Waals surface area contributed by atoms with E-state index in [0.29, 0.717) is 24.3 Å². The van der Waals surface area contributed by atoms with Crippen LogP contribution in [0.3, 0.4) is 0 Å². The van der Waals surface area contributed by atoms with Crippen molar-refractivity contribution in [2.75, 3.05) is 13.7 Å². The number of carbonyl (C=O) groups excluding carboxylic acids is 1. The molecule has 0 saturated heterocycles. The van der Waals surface area contributed by atoms with Gasteiger partial charge in [0.05, 0.1) is 12.7 Å². The maximum atomic E-state index is 12.0. The fourth-order valence-corrected chi connectivity index (χ4v) is 1.49. The average Bonchev–Trinajstić information content (AvgIpc) is 2.28. The van der Waals surface area contributed by atoms with Crippen LogP contribution < -0.4 is 10.5 Å². The predicted molar refractivity (Wildman–Crippen MR) is 60.2 cm³/mol. The Bertz CT molecular complexity index is 336. The van der Waals surface area contributed by atoms with Gasteiger partial charge < -0.3 is 10.5 Å². The molecule has 0 aliphatic carbocycles. The smallest absolute Gasteiger partial charge is 0.169 e. The van der Waals surface area contributed by atoms with Crippen LogP contribution in [0.4, 0.5) is 0 Å². The van der Waals surface area contributed by atoms with Gasteiger partial charge in [0.15, 0.2) is 5.78 Å². The van der Waals surface area contributed by atoms with Crippen LogP contribution in [0.2, 0.25) is 0 Å². The van der Waals surface area contributed by atoms with Crippen molar-refractivity contribution in [3.63, 3.8) is 0 Å². The number of methoxy groups -OCH3 is 1. The lowest BCUT2D eigenvalue weighted by atomic mass is 9.96. The Balaban J connectivity index is 2.90. The highest BCUT2D eigenvalue weighted by Gasteiger charge is 2.17. The molecule has 1 rings (SSSR count). The van der Waals surface area contributed by atoms with E-state index in [2.05, 4.69) is 0 Å². The van der Waals surface area contributed by atoms with Crippen molar-refractivity contribution in [3.05, 3.63) is 29.8 Å². The van der Waals surface area contributed by atoms with Gasteiger partial charge in [-0.2, -0.15) is 0 Å². The Morgan fingerprint density at radius 3 is 2.73 bits per heavy atom. The van der Waals surface area contributed by atoms with Gasteiger partial charge in [0.2, 0.25) is 0 Å². The number of ether oxygens (including phenoxy) is 1. The number of carbonyl (C=O) groups is 1. The molecular weight excluding hydrogens is 190 g/mol. The molecule has 0 aliphatic heterocycles. The minimum absolute atomic E-state index is 0.0497. The highest BCUT2D eigenvalue weighted by Crippen LogP contribution is 2.21. The summed E-state index contributed by atoms with van der Waals surface area (Å²) in [4.78, 5) is 12.0.